The average molecular weight is 462 g/mol. The molecule has 0 radical (unpaired) electrons. The fraction of sp³-hybridized carbons (Fsp3) is 0.760. The van der Waals surface area contributed by atoms with Gasteiger partial charge in [0.25, 0.3) is 0 Å². The van der Waals surface area contributed by atoms with Crippen LogP contribution in [0.25, 0.3) is 0 Å². The second-order valence-corrected chi connectivity index (χ2v) is 10.9. The molecule has 4 aliphatic carbocycles. The number of aliphatic carboxylic acids is 1. The summed E-state index contributed by atoms with van der Waals surface area (Å²) in [5.74, 6) is -2.65. The van der Waals surface area contributed by atoms with Crippen LogP contribution in [0.4, 0.5) is 0 Å². The van der Waals surface area contributed by atoms with Gasteiger partial charge in [0.05, 0.1) is 12.5 Å². The first kappa shape index (κ1) is 24.1. The first-order valence-electron chi connectivity index (χ1n) is 12.0. The zero-order valence-electron chi connectivity index (χ0n) is 19.3. The number of carbonyl (C=O) groups is 4. The maximum absolute atomic E-state index is 13.1. The summed E-state index contributed by atoms with van der Waals surface area (Å²) in [6.45, 7) is 3.20. The van der Waals surface area contributed by atoms with Crippen LogP contribution in [-0.4, -0.2) is 52.0 Å². The van der Waals surface area contributed by atoms with Crippen LogP contribution in [-0.2, 0) is 23.9 Å². The van der Waals surface area contributed by atoms with E-state index in [0.29, 0.717) is 19.3 Å². The molecule has 0 spiro atoms. The highest BCUT2D eigenvalue weighted by atomic mass is 16.6. The van der Waals surface area contributed by atoms with Gasteiger partial charge in [-0.15, -0.1) is 0 Å². The van der Waals surface area contributed by atoms with Crippen molar-refractivity contribution in [1.82, 2.24) is 0 Å². The van der Waals surface area contributed by atoms with Gasteiger partial charge < -0.3 is 24.9 Å². The topological polar surface area (TPSA) is 141 Å². The van der Waals surface area contributed by atoms with E-state index < -0.39 is 54.3 Å². The number of hydrogen-bond acceptors (Lipinski definition) is 8. The number of hydrogen-bond donors (Lipinski definition) is 2. The number of Topliss-reactive ketones (excluding diaryl/α,β-unsaturated/α-hetero) is 1. The Kier molecular flexibility index (Phi) is 6.06. The highest BCUT2D eigenvalue weighted by molar-refractivity contribution is 5.93. The molecule has 0 unspecified atom stereocenters. The lowest BCUT2D eigenvalue weighted by Gasteiger charge is -2.60. The maximum atomic E-state index is 13.1. The molecule has 0 amide bonds. The highest BCUT2D eigenvalue weighted by Gasteiger charge is 2.70. The van der Waals surface area contributed by atoms with Crippen molar-refractivity contribution < 1.29 is 39.2 Å². The zero-order chi connectivity index (χ0) is 24.2. The number of carboxylic acid groups (broad SMARTS) is 1. The van der Waals surface area contributed by atoms with Gasteiger partial charge in [0.2, 0.25) is 5.78 Å². The molecule has 8 nitrogen and oxygen atoms in total. The number of rotatable bonds is 6. The van der Waals surface area contributed by atoms with Crippen LogP contribution in [0.1, 0.15) is 71.6 Å². The smallest absolute Gasteiger partial charge is 0.307 e. The van der Waals surface area contributed by atoms with Gasteiger partial charge in [0.1, 0.15) is 6.61 Å². The molecule has 33 heavy (non-hydrogen) atoms. The number of ketones is 2. The zero-order valence-corrected chi connectivity index (χ0v) is 19.3. The van der Waals surface area contributed by atoms with Gasteiger partial charge in [-0.1, -0.05) is 19.4 Å². The standard InChI is InChI=1S/C25H34O8/c1-23-9-7-15(27)11-14(23)3-4-16-17-8-10-25(19(29)13-26,33-21(32)6-5-20(30)31)24(17,2)12-18(28)22(16)23/h11,16-18,22,26,28H,3-10,12-13H2,1-2H3,(H,30,31)/p-1/t16-,17-,18-,22+,23-,24-,25-/m0/s1. The first-order valence-corrected chi connectivity index (χ1v) is 12.0. The van der Waals surface area contributed by atoms with Gasteiger partial charge in [0, 0.05) is 17.8 Å². The fourth-order valence-corrected chi connectivity index (χ4v) is 7.94. The predicted molar refractivity (Wildman–Crippen MR) is 113 cm³/mol. The van der Waals surface area contributed by atoms with Crippen molar-refractivity contribution >= 4 is 23.5 Å². The first-order chi connectivity index (χ1) is 15.5. The van der Waals surface area contributed by atoms with Crippen LogP contribution in [0.3, 0.4) is 0 Å². The average Bonchev–Trinajstić information content (AvgIpc) is 3.04. The summed E-state index contributed by atoms with van der Waals surface area (Å²) in [4.78, 5) is 48.4. The van der Waals surface area contributed by atoms with Gasteiger partial charge in [-0.3, -0.25) is 14.4 Å². The Hall–Kier alpha value is -2.06. The molecule has 0 bridgehead atoms. The van der Waals surface area contributed by atoms with E-state index in [4.69, 9.17) is 4.74 Å². The van der Waals surface area contributed by atoms with E-state index in [9.17, 15) is 34.5 Å². The van der Waals surface area contributed by atoms with Crippen LogP contribution in [0, 0.1) is 28.6 Å². The van der Waals surface area contributed by atoms with E-state index >= 15 is 0 Å². The monoisotopic (exact) mass is 461 g/mol. The molecule has 2 N–H and O–H groups in total. The normalized spacial score (nSPS) is 41.9. The van der Waals surface area contributed by atoms with Gasteiger partial charge in [0.15, 0.2) is 11.4 Å². The second-order valence-electron chi connectivity index (χ2n) is 10.9. The van der Waals surface area contributed by atoms with Gasteiger partial charge in [-0.2, -0.15) is 0 Å². The molecular weight excluding hydrogens is 428 g/mol. The third-order valence-corrected chi connectivity index (χ3v) is 9.43. The quantitative estimate of drug-likeness (QED) is 0.555. The summed E-state index contributed by atoms with van der Waals surface area (Å²) >= 11 is 0. The Balaban J connectivity index is 1.68. The third-order valence-electron chi connectivity index (χ3n) is 9.43. The number of fused-ring (bicyclic) bond motifs is 5. The van der Waals surface area contributed by atoms with E-state index in [2.05, 4.69) is 6.92 Å². The molecule has 0 aromatic heterocycles. The molecule has 182 valence electrons. The van der Waals surface area contributed by atoms with Crippen molar-refractivity contribution in [1.29, 1.82) is 0 Å². The number of carboxylic acids is 1. The minimum Gasteiger partial charge on any atom is -0.550 e. The summed E-state index contributed by atoms with van der Waals surface area (Å²) in [5, 5.41) is 32.0. The molecule has 4 aliphatic rings. The second kappa shape index (κ2) is 8.31. The summed E-state index contributed by atoms with van der Waals surface area (Å²) in [6.07, 6.45) is 3.83. The molecule has 0 aromatic rings. The number of esters is 1. The van der Waals surface area contributed by atoms with Gasteiger partial charge >= 0.3 is 5.97 Å². The number of aliphatic hydroxyl groups excluding tert-OH is 2. The van der Waals surface area contributed by atoms with E-state index in [-0.39, 0.29) is 41.8 Å². The number of ether oxygens (including phenoxy) is 1. The van der Waals surface area contributed by atoms with E-state index in [0.717, 1.165) is 18.4 Å². The Bertz CT molecular complexity index is 908. The molecule has 8 heteroatoms. The van der Waals surface area contributed by atoms with E-state index in [1.807, 2.05) is 6.92 Å². The van der Waals surface area contributed by atoms with Gasteiger partial charge in [-0.05, 0) is 74.2 Å². The molecular formula is C25H33O8-. The van der Waals surface area contributed by atoms with Crippen LogP contribution in [0.5, 0.6) is 0 Å². The van der Waals surface area contributed by atoms with Gasteiger partial charge in [-0.25, -0.2) is 0 Å². The minimum absolute atomic E-state index is 0.00802. The Morgan fingerprint density at radius 1 is 1.15 bits per heavy atom. The van der Waals surface area contributed by atoms with Crippen molar-refractivity contribution in [2.24, 2.45) is 28.6 Å². The highest BCUT2D eigenvalue weighted by Crippen LogP contribution is 2.68. The molecule has 7 atom stereocenters. The molecule has 0 heterocycles. The Morgan fingerprint density at radius 2 is 1.88 bits per heavy atom. The molecule has 0 aliphatic heterocycles. The summed E-state index contributed by atoms with van der Waals surface area (Å²) in [6, 6.07) is 0. The van der Waals surface area contributed by atoms with Crippen molar-refractivity contribution in [2.75, 3.05) is 6.61 Å². The minimum atomic E-state index is -1.60. The molecule has 3 fully saturated rings. The number of allylic oxidation sites excluding steroid dienone is 1. The van der Waals surface area contributed by atoms with Crippen LogP contribution < -0.4 is 5.11 Å². The fourth-order valence-electron chi connectivity index (χ4n) is 7.94. The molecule has 4 rings (SSSR count). The van der Waals surface area contributed by atoms with Crippen LogP contribution in [0.2, 0.25) is 0 Å². The van der Waals surface area contributed by atoms with Crippen LogP contribution >= 0.6 is 0 Å². The van der Waals surface area contributed by atoms with Crippen molar-refractivity contribution in [2.45, 2.75) is 83.3 Å². The SMILES string of the molecule is C[C@]12CCC(=O)C=C1CC[C@@H]1[C@@H]2[C@@H](O)C[C@@]2(C)[C@H]1CC[C@]2(OC(=O)CCC(=O)[O-])C(=O)CO. The molecule has 0 saturated heterocycles. The summed E-state index contributed by atoms with van der Waals surface area (Å²) < 4.78 is 5.74. The number of aliphatic hydroxyl groups is 2. The lowest BCUT2D eigenvalue weighted by molar-refractivity contribution is -0.305. The van der Waals surface area contributed by atoms with Crippen LogP contribution in [0.15, 0.2) is 11.6 Å². The van der Waals surface area contributed by atoms with E-state index in [1.165, 1.54) is 0 Å². The van der Waals surface area contributed by atoms with Crippen molar-refractivity contribution in [3.05, 3.63) is 11.6 Å². The maximum Gasteiger partial charge on any atom is 0.307 e. The van der Waals surface area contributed by atoms with E-state index in [1.54, 1.807) is 6.08 Å². The molecule has 0 aromatic carbocycles. The Morgan fingerprint density at radius 3 is 2.55 bits per heavy atom. The molecule has 3 saturated carbocycles. The largest absolute Gasteiger partial charge is 0.550 e. The summed E-state index contributed by atoms with van der Waals surface area (Å²) in [7, 11) is 0. The summed E-state index contributed by atoms with van der Waals surface area (Å²) in [5.41, 5.74) is -1.66. The Labute approximate surface area is 193 Å². The van der Waals surface area contributed by atoms with Crippen molar-refractivity contribution in [3.8, 4) is 0 Å². The number of carbonyl (C=O) groups excluding carboxylic acids is 4. The van der Waals surface area contributed by atoms with Crippen molar-refractivity contribution in [3.63, 3.8) is 0 Å². The lowest BCUT2D eigenvalue weighted by Crippen LogP contribution is -2.63. The predicted octanol–water partition coefficient (Wildman–Crippen LogP) is 0.863. The third kappa shape index (κ3) is 3.57. The lowest BCUT2D eigenvalue weighted by atomic mass is 9.45.